The Labute approximate surface area is 151 Å². The van der Waals surface area contributed by atoms with Crippen LogP contribution in [-0.4, -0.2) is 33.5 Å². The zero-order valence-electron chi connectivity index (χ0n) is 15.2. The maximum atomic E-state index is 12.3. The number of rotatable bonds is 6. The Morgan fingerprint density at radius 2 is 1.96 bits per heavy atom. The van der Waals surface area contributed by atoms with Crippen LogP contribution in [0.25, 0.3) is 0 Å². The third-order valence-corrected chi connectivity index (χ3v) is 3.70. The summed E-state index contributed by atoms with van der Waals surface area (Å²) >= 11 is 0. The number of hydrazine groups is 1. The van der Waals surface area contributed by atoms with E-state index < -0.39 is 23.8 Å². The molecular formula is C17H23N5O4. The van der Waals surface area contributed by atoms with Gasteiger partial charge in [0.25, 0.3) is 17.7 Å². The molecule has 0 aromatic carbocycles. The van der Waals surface area contributed by atoms with Gasteiger partial charge in [0.1, 0.15) is 12.6 Å². The molecule has 0 fully saturated rings. The van der Waals surface area contributed by atoms with E-state index in [0.717, 1.165) is 11.4 Å². The Morgan fingerprint density at radius 1 is 1.23 bits per heavy atom. The van der Waals surface area contributed by atoms with Crippen molar-refractivity contribution >= 4 is 17.7 Å². The number of hydrogen-bond donors (Lipinski definition) is 3. The van der Waals surface area contributed by atoms with Crippen molar-refractivity contribution in [3.8, 4) is 0 Å². The molecule has 0 saturated carbocycles. The monoisotopic (exact) mass is 361 g/mol. The quantitative estimate of drug-likeness (QED) is 0.655. The van der Waals surface area contributed by atoms with Crippen molar-refractivity contribution < 1.29 is 18.8 Å². The highest BCUT2D eigenvalue weighted by Gasteiger charge is 2.26. The largest absolute Gasteiger partial charge is 0.459 e. The van der Waals surface area contributed by atoms with Crippen LogP contribution >= 0.6 is 0 Å². The van der Waals surface area contributed by atoms with Crippen molar-refractivity contribution in [2.24, 2.45) is 5.92 Å². The summed E-state index contributed by atoms with van der Waals surface area (Å²) in [6.07, 6.45) is 1.37. The van der Waals surface area contributed by atoms with Crippen molar-refractivity contribution in [3.05, 3.63) is 41.6 Å². The molecule has 9 nitrogen and oxygen atoms in total. The van der Waals surface area contributed by atoms with Crippen LogP contribution in [0.5, 0.6) is 0 Å². The number of furan rings is 1. The summed E-state index contributed by atoms with van der Waals surface area (Å²) in [6, 6.07) is 4.10. The second-order valence-electron chi connectivity index (χ2n) is 6.29. The number of hydrogen-bond acceptors (Lipinski definition) is 5. The SMILES string of the molecule is Cc1cc(C)n(CC(=O)NNC(=O)C(NC(=O)c2ccco2)C(C)C)n1. The summed E-state index contributed by atoms with van der Waals surface area (Å²) in [4.78, 5) is 36.4. The van der Waals surface area contributed by atoms with E-state index in [9.17, 15) is 14.4 Å². The second kappa shape index (κ2) is 8.32. The molecular weight excluding hydrogens is 338 g/mol. The van der Waals surface area contributed by atoms with Gasteiger partial charge in [-0.15, -0.1) is 0 Å². The molecule has 0 saturated heterocycles. The smallest absolute Gasteiger partial charge is 0.287 e. The molecule has 0 radical (unpaired) electrons. The number of carbonyl (C=O) groups excluding carboxylic acids is 3. The summed E-state index contributed by atoms with van der Waals surface area (Å²) in [6.45, 7) is 7.21. The van der Waals surface area contributed by atoms with Gasteiger partial charge >= 0.3 is 0 Å². The molecule has 140 valence electrons. The fourth-order valence-corrected chi connectivity index (χ4v) is 2.37. The average Bonchev–Trinajstić information content (AvgIpc) is 3.20. The van der Waals surface area contributed by atoms with E-state index in [-0.39, 0.29) is 18.2 Å². The van der Waals surface area contributed by atoms with Gasteiger partial charge in [0.05, 0.1) is 12.0 Å². The summed E-state index contributed by atoms with van der Waals surface area (Å²) < 4.78 is 6.55. The fraction of sp³-hybridized carbons (Fsp3) is 0.412. The van der Waals surface area contributed by atoms with Crippen LogP contribution in [0.15, 0.2) is 28.9 Å². The van der Waals surface area contributed by atoms with Crippen molar-refractivity contribution in [2.45, 2.75) is 40.3 Å². The van der Waals surface area contributed by atoms with Crippen LogP contribution in [-0.2, 0) is 16.1 Å². The van der Waals surface area contributed by atoms with Gasteiger partial charge < -0.3 is 9.73 Å². The van der Waals surface area contributed by atoms with Gasteiger partial charge in [-0.25, -0.2) is 0 Å². The molecule has 1 unspecified atom stereocenters. The fourth-order valence-electron chi connectivity index (χ4n) is 2.37. The molecule has 0 bridgehead atoms. The highest BCUT2D eigenvalue weighted by Crippen LogP contribution is 2.06. The molecule has 2 rings (SSSR count). The van der Waals surface area contributed by atoms with E-state index in [1.807, 2.05) is 19.9 Å². The first-order valence-electron chi connectivity index (χ1n) is 8.22. The van der Waals surface area contributed by atoms with Crippen LogP contribution in [0.1, 0.15) is 35.8 Å². The zero-order chi connectivity index (χ0) is 19.3. The Bertz CT molecular complexity index is 779. The molecule has 3 N–H and O–H groups in total. The van der Waals surface area contributed by atoms with Gasteiger partial charge in [-0.2, -0.15) is 5.10 Å². The molecule has 2 aromatic heterocycles. The standard InChI is InChI=1S/C17H23N5O4/c1-10(2)15(18-16(24)13-6-5-7-26-13)17(25)20-19-14(23)9-22-12(4)8-11(3)21-22/h5-8,10,15H,9H2,1-4H3,(H,18,24)(H,19,23)(H,20,25). The average molecular weight is 361 g/mol. The highest BCUT2D eigenvalue weighted by atomic mass is 16.3. The van der Waals surface area contributed by atoms with Crippen molar-refractivity contribution in [1.82, 2.24) is 25.9 Å². The Hall–Kier alpha value is -3.10. The zero-order valence-corrected chi connectivity index (χ0v) is 15.2. The lowest BCUT2D eigenvalue weighted by atomic mass is 10.0. The number of amides is 3. The van der Waals surface area contributed by atoms with Crippen LogP contribution in [0.4, 0.5) is 0 Å². The predicted octanol–water partition coefficient (Wildman–Crippen LogP) is 0.695. The third kappa shape index (κ3) is 4.95. The second-order valence-corrected chi connectivity index (χ2v) is 6.29. The van der Waals surface area contributed by atoms with E-state index in [1.165, 1.54) is 17.0 Å². The van der Waals surface area contributed by atoms with Crippen molar-refractivity contribution in [1.29, 1.82) is 0 Å². The highest BCUT2D eigenvalue weighted by molar-refractivity contribution is 5.95. The Balaban J connectivity index is 1.89. The maximum absolute atomic E-state index is 12.3. The summed E-state index contributed by atoms with van der Waals surface area (Å²) in [5.74, 6) is -1.54. The van der Waals surface area contributed by atoms with E-state index in [4.69, 9.17) is 4.42 Å². The van der Waals surface area contributed by atoms with Crippen LogP contribution in [0.2, 0.25) is 0 Å². The number of nitrogens with one attached hydrogen (secondary N) is 3. The first-order valence-corrected chi connectivity index (χ1v) is 8.22. The van der Waals surface area contributed by atoms with Gasteiger partial charge in [0.2, 0.25) is 0 Å². The van der Waals surface area contributed by atoms with Gasteiger partial charge in [-0.1, -0.05) is 13.8 Å². The summed E-state index contributed by atoms with van der Waals surface area (Å²) in [7, 11) is 0. The van der Waals surface area contributed by atoms with Crippen molar-refractivity contribution in [2.75, 3.05) is 0 Å². The van der Waals surface area contributed by atoms with Gasteiger partial charge in [0, 0.05) is 5.69 Å². The minimum absolute atomic E-state index is 0.0228. The lowest BCUT2D eigenvalue weighted by Crippen LogP contribution is -2.54. The van der Waals surface area contributed by atoms with Crippen LogP contribution in [0.3, 0.4) is 0 Å². The Morgan fingerprint density at radius 3 is 2.50 bits per heavy atom. The molecule has 0 aliphatic rings. The number of nitrogens with zero attached hydrogens (tertiary/aromatic N) is 2. The van der Waals surface area contributed by atoms with Crippen LogP contribution < -0.4 is 16.2 Å². The van der Waals surface area contributed by atoms with E-state index in [0.29, 0.717) is 0 Å². The lowest BCUT2D eigenvalue weighted by molar-refractivity contribution is -0.130. The number of aromatic nitrogens is 2. The maximum Gasteiger partial charge on any atom is 0.287 e. The minimum atomic E-state index is -0.832. The topological polar surface area (TPSA) is 118 Å². The molecule has 3 amide bonds. The van der Waals surface area contributed by atoms with Crippen LogP contribution in [0, 0.1) is 19.8 Å². The summed E-state index contributed by atoms with van der Waals surface area (Å²) in [5, 5.41) is 6.78. The normalized spacial score (nSPS) is 11.9. The van der Waals surface area contributed by atoms with Gasteiger partial charge in [0.15, 0.2) is 5.76 Å². The summed E-state index contributed by atoms with van der Waals surface area (Å²) in [5.41, 5.74) is 6.32. The number of carbonyl (C=O) groups is 3. The molecule has 2 aromatic rings. The first kappa shape index (κ1) is 19.2. The Kier molecular flexibility index (Phi) is 6.16. The third-order valence-electron chi connectivity index (χ3n) is 3.70. The molecule has 1 atom stereocenters. The molecule has 0 aliphatic heterocycles. The molecule has 2 heterocycles. The lowest BCUT2D eigenvalue weighted by Gasteiger charge is -2.21. The van der Waals surface area contributed by atoms with E-state index >= 15 is 0 Å². The van der Waals surface area contributed by atoms with Crippen molar-refractivity contribution in [3.63, 3.8) is 0 Å². The van der Waals surface area contributed by atoms with E-state index in [1.54, 1.807) is 19.9 Å². The minimum Gasteiger partial charge on any atom is -0.459 e. The van der Waals surface area contributed by atoms with Gasteiger partial charge in [-0.05, 0) is 38.0 Å². The van der Waals surface area contributed by atoms with Gasteiger partial charge in [-0.3, -0.25) is 29.9 Å². The molecule has 0 spiro atoms. The predicted molar refractivity (Wildman–Crippen MR) is 92.8 cm³/mol. The molecule has 9 heteroatoms. The molecule has 0 aliphatic carbocycles. The van der Waals surface area contributed by atoms with E-state index in [2.05, 4.69) is 21.3 Å². The molecule has 26 heavy (non-hydrogen) atoms. The first-order chi connectivity index (χ1) is 12.3. The number of aryl methyl sites for hydroxylation is 2.